The van der Waals surface area contributed by atoms with E-state index in [0.717, 1.165) is 32.4 Å². The van der Waals surface area contributed by atoms with Crippen LogP contribution in [0, 0.1) is 0 Å². The van der Waals surface area contributed by atoms with Gasteiger partial charge in [0, 0.05) is 18.7 Å². The van der Waals surface area contributed by atoms with E-state index >= 15 is 0 Å². The third-order valence-electron chi connectivity index (χ3n) is 5.08. The predicted octanol–water partition coefficient (Wildman–Crippen LogP) is 6.13. The number of carbonyl (C=O) groups excluding carboxylic acids is 2. The Morgan fingerprint density at radius 2 is 1.67 bits per heavy atom. The molecule has 2 aromatic carbocycles. The number of nitrogens with zero attached hydrogens (tertiary/aromatic N) is 1. The molecule has 30 heavy (non-hydrogen) atoms. The van der Waals surface area contributed by atoms with Crippen LogP contribution in [0.2, 0.25) is 10.0 Å². The highest BCUT2D eigenvalue weighted by Gasteiger charge is 2.22. The van der Waals surface area contributed by atoms with E-state index in [1.807, 2.05) is 4.90 Å². The highest BCUT2D eigenvalue weighted by molar-refractivity contribution is 6.42. The average Bonchev–Trinajstić information content (AvgIpc) is 3.27. The highest BCUT2D eigenvalue weighted by Crippen LogP contribution is 2.30. The average molecular weight is 443 g/mol. The van der Waals surface area contributed by atoms with Gasteiger partial charge in [-0.1, -0.05) is 35.3 Å². The molecular weight excluding hydrogens is 423 g/mol. The summed E-state index contributed by atoms with van der Waals surface area (Å²) in [5.41, 5.74) is 1.65. The molecule has 0 aliphatic carbocycles. The van der Waals surface area contributed by atoms with Gasteiger partial charge < -0.3 is 14.6 Å². The smallest absolute Gasteiger partial charge is 0.291 e. The van der Waals surface area contributed by atoms with Gasteiger partial charge in [0.15, 0.2) is 5.76 Å². The van der Waals surface area contributed by atoms with Gasteiger partial charge in [-0.15, -0.1) is 0 Å². The number of amides is 2. The van der Waals surface area contributed by atoms with Crippen LogP contribution in [0.1, 0.15) is 40.2 Å². The normalized spacial score (nSPS) is 13.9. The lowest BCUT2D eigenvalue weighted by molar-refractivity contribution is 0.0725. The Bertz CT molecular complexity index is 1090. The van der Waals surface area contributed by atoms with Gasteiger partial charge in [0.2, 0.25) is 0 Å². The summed E-state index contributed by atoms with van der Waals surface area (Å²) in [6.07, 6.45) is 3.15. The lowest BCUT2D eigenvalue weighted by Crippen LogP contribution is -2.36. The van der Waals surface area contributed by atoms with Crippen LogP contribution in [0.5, 0.6) is 0 Å². The van der Waals surface area contributed by atoms with Crippen molar-refractivity contribution in [2.24, 2.45) is 0 Å². The largest absolute Gasteiger partial charge is 0.451 e. The fraction of sp³-hybridized carbons (Fsp3) is 0.217. The Kier molecular flexibility index (Phi) is 6.11. The molecule has 1 aromatic heterocycles. The maximum absolute atomic E-state index is 12.9. The van der Waals surface area contributed by atoms with Crippen LogP contribution in [0.4, 0.5) is 5.69 Å². The second-order valence-corrected chi connectivity index (χ2v) is 7.96. The molecular formula is C23H20Cl2N2O3. The first-order chi connectivity index (χ1) is 14.5. The van der Waals surface area contributed by atoms with Crippen molar-refractivity contribution >= 4 is 40.7 Å². The molecule has 2 heterocycles. The number of carbonyl (C=O) groups is 2. The molecule has 3 aromatic rings. The van der Waals surface area contributed by atoms with E-state index in [4.69, 9.17) is 27.6 Å². The second kappa shape index (κ2) is 8.94. The number of hydrogen-bond acceptors (Lipinski definition) is 3. The Labute approximate surface area is 184 Å². The van der Waals surface area contributed by atoms with Crippen LogP contribution in [0.15, 0.2) is 59.0 Å². The first-order valence-electron chi connectivity index (χ1n) is 9.78. The van der Waals surface area contributed by atoms with Crippen molar-refractivity contribution in [3.63, 3.8) is 0 Å². The molecule has 7 heteroatoms. The summed E-state index contributed by atoms with van der Waals surface area (Å²) in [5, 5.41) is 3.65. The van der Waals surface area contributed by atoms with Crippen molar-refractivity contribution in [3.05, 3.63) is 76.0 Å². The van der Waals surface area contributed by atoms with Gasteiger partial charge in [0.05, 0.1) is 21.3 Å². The Hall–Kier alpha value is -2.76. The van der Waals surface area contributed by atoms with E-state index in [-0.39, 0.29) is 11.7 Å². The molecule has 0 unspecified atom stereocenters. The number of furan rings is 1. The van der Waals surface area contributed by atoms with Crippen molar-refractivity contribution in [2.45, 2.75) is 19.3 Å². The molecule has 1 aliphatic rings. The Balaban J connectivity index is 1.53. The molecule has 1 fully saturated rings. The monoisotopic (exact) mass is 442 g/mol. The van der Waals surface area contributed by atoms with Crippen molar-refractivity contribution in [1.82, 2.24) is 4.90 Å². The van der Waals surface area contributed by atoms with E-state index < -0.39 is 5.91 Å². The van der Waals surface area contributed by atoms with Crippen LogP contribution in [-0.2, 0) is 0 Å². The van der Waals surface area contributed by atoms with E-state index in [1.54, 1.807) is 54.6 Å². The van der Waals surface area contributed by atoms with E-state index in [2.05, 4.69) is 5.32 Å². The van der Waals surface area contributed by atoms with Gasteiger partial charge in [0.1, 0.15) is 5.76 Å². The molecule has 0 atom stereocenters. The van der Waals surface area contributed by atoms with Gasteiger partial charge in [-0.05, 0) is 61.7 Å². The molecule has 1 aliphatic heterocycles. The second-order valence-electron chi connectivity index (χ2n) is 7.15. The lowest BCUT2D eigenvalue weighted by atomic mass is 10.1. The van der Waals surface area contributed by atoms with Gasteiger partial charge in [-0.2, -0.15) is 0 Å². The van der Waals surface area contributed by atoms with Crippen molar-refractivity contribution in [1.29, 1.82) is 0 Å². The first-order valence-corrected chi connectivity index (χ1v) is 10.5. The van der Waals surface area contributed by atoms with Crippen LogP contribution in [0.25, 0.3) is 11.3 Å². The minimum atomic E-state index is -0.430. The van der Waals surface area contributed by atoms with Gasteiger partial charge >= 0.3 is 0 Å². The standard InChI is InChI=1S/C23H20Cl2N2O3/c24-17-9-8-15(14-18(17)25)20-10-11-21(30-20)22(28)26-19-7-3-2-6-16(19)23(29)27-12-4-1-5-13-27/h2-3,6-11,14H,1,4-5,12-13H2,(H,26,28). The predicted molar refractivity (Wildman–Crippen MR) is 118 cm³/mol. The molecule has 154 valence electrons. The maximum Gasteiger partial charge on any atom is 0.291 e. The molecule has 1 N–H and O–H groups in total. The van der Waals surface area contributed by atoms with E-state index in [1.165, 1.54) is 0 Å². The molecule has 0 bridgehead atoms. The van der Waals surface area contributed by atoms with E-state index in [0.29, 0.717) is 32.6 Å². The molecule has 0 saturated carbocycles. The number of nitrogens with one attached hydrogen (secondary N) is 1. The Morgan fingerprint density at radius 1 is 0.900 bits per heavy atom. The summed E-state index contributed by atoms with van der Waals surface area (Å²) in [5.74, 6) is 0.134. The highest BCUT2D eigenvalue weighted by atomic mass is 35.5. The van der Waals surface area contributed by atoms with E-state index in [9.17, 15) is 9.59 Å². The number of halogens is 2. The van der Waals surface area contributed by atoms with Gasteiger partial charge in [-0.25, -0.2) is 0 Å². The first kappa shape index (κ1) is 20.5. The van der Waals surface area contributed by atoms with Gasteiger partial charge in [-0.3, -0.25) is 9.59 Å². The molecule has 4 rings (SSSR count). The third kappa shape index (κ3) is 4.37. The minimum absolute atomic E-state index is 0.0680. The lowest BCUT2D eigenvalue weighted by Gasteiger charge is -2.27. The zero-order valence-electron chi connectivity index (χ0n) is 16.2. The number of hydrogen-bond donors (Lipinski definition) is 1. The summed E-state index contributed by atoms with van der Waals surface area (Å²) in [7, 11) is 0. The minimum Gasteiger partial charge on any atom is -0.451 e. The zero-order chi connectivity index (χ0) is 21.1. The Morgan fingerprint density at radius 3 is 2.43 bits per heavy atom. The molecule has 5 nitrogen and oxygen atoms in total. The zero-order valence-corrected chi connectivity index (χ0v) is 17.7. The topological polar surface area (TPSA) is 62.6 Å². The van der Waals surface area contributed by atoms with Crippen LogP contribution in [-0.4, -0.2) is 29.8 Å². The van der Waals surface area contributed by atoms with Gasteiger partial charge in [0.25, 0.3) is 11.8 Å². The summed E-state index contributed by atoms with van der Waals surface area (Å²) in [6, 6.07) is 15.4. The maximum atomic E-state index is 12.9. The molecule has 0 spiro atoms. The number of para-hydroxylation sites is 1. The molecule has 1 saturated heterocycles. The number of benzene rings is 2. The quantitative estimate of drug-likeness (QED) is 0.528. The summed E-state index contributed by atoms with van der Waals surface area (Å²) >= 11 is 12.0. The SMILES string of the molecule is O=C(Nc1ccccc1C(=O)N1CCCCC1)c1ccc(-c2ccc(Cl)c(Cl)c2)o1. The fourth-order valence-electron chi connectivity index (χ4n) is 3.49. The van der Waals surface area contributed by atoms with Crippen molar-refractivity contribution < 1.29 is 14.0 Å². The molecule has 2 amide bonds. The summed E-state index contributed by atoms with van der Waals surface area (Å²) < 4.78 is 5.71. The number of likely N-dealkylation sites (tertiary alicyclic amines) is 1. The van der Waals surface area contributed by atoms with Crippen molar-refractivity contribution in [3.8, 4) is 11.3 Å². The fourth-order valence-corrected chi connectivity index (χ4v) is 3.79. The van der Waals surface area contributed by atoms with Crippen molar-refractivity contribution in [2.75, 3.05) is 18.4 Å². The van der Waals surface area contributed by atoms with Crippen LogP contribution in [0.3, 0.4) is 0 Å². The van der Waals surface area contributed by atoms with Crippen LogP contribution >= 0.6 is 23.2 Å². The number of anilines is 1. The van der Waals surface area contributed by atoms with Crippen LogP contribution < -0.4 is 5.32 Å². The number of rotatable bonds is 4. The third-order valence-corrected chi connectivity index (χ3v) is 5.82. The molecule has 0 radical (unpaired) electrons. The summed E-state index contributed by atoms with van der Waals surface area (Å²) in [4.78, 5) is 27.5. The number of piperidine rings is 1. The summed E-state index contributed by atoms with van der Waals surface area (Å²) in [6.45, 7) is 1.48.